The van der Waals surface area contributed by atoms with Crippen LogP contribution < -0.4 is 5.32 Å². The van der Waals surface area contributed by atoms with Crippen molar-refractivity contribution < 1.29 is 22.7 Å². The van der Waals surface area contributed by atoms with Crippen LogP contribution in [0.15, 0.2) is 48.7 Å². The molecule has 204 valence electrons. The molecule has 7 nitrogen and oxygen atoms in total. The minimum absolute atomic E-state index is 0.000116. The predicted octanol–water partition coefficient (Wildman–Crippen LogP) is 4.93. The lowest BCUT2D eigenvalue weighted by Crippen LogP contribution is -2.58. The van der Waals surface area contributed by atoms with Crippen LogP contribution in [0.25, 0.3) is 11.1 Å². The van der Waals surface area contributed by atoms with Crippen molar-refractivity contribution in [2.45, 2.75) is 44.6 Å². The predicted molar refractivity (Wildman–Crippen MR) is 141 cm³/mol. The smallest absolute Gasteiger partial charge is 0.377 e. The van der Waals surface area contributed by atoms with Gasteiger partial charge in [-0.3, -0.25) is 9.48 Å². The Labute approximate surface area is 228 Å². The maximum atomic E-state index is 14.0. The summed E-state index contributed by atoms with van der Waals surface area (Å²) >= 11 is 1.31. The van der Waals surface area contributed by atoms with Gasteiger partial charge >= 0.3 is 6.18 Å². The van der Waals surface area contributed by atoms with Crippen LogP contribution in [0.1, 0.15) is 46.3 Å². The summed E-state index contributed by atoms with van der Waals surface area (Å²) in [4.78, 5) is 16.3. The summed E-state index contributed by atoms with van der Waals surface area (Å²) in [6, 6.07) is 10.9. The average molecular weight is 556 g/mol. The van der Waals surface area contributed by atoms with Gasteiger partial charge in [0, 0.05) is 48.3 Å². The molecule has 0 radical (unpaired) electrons. The first kappa shape index (κ1) is 27.1. The molecule has 1 saturated heterocycles. The molecule has 0 saturated carbocycles. The molecule has 1 atom stereocenters. The number of ether oxygens (including phenoxy) is 1. The van der Waals surface area contributed by atoms with Crippen molar-refractivity contribution >= 4 is 17.2 Å². The van der Waals surface area contributed by atoms with Gasteiger partial charge in [0.25, 0.3) is 0 Å². The molecule has 3 aromatic rings. The zero-order chi connectivity index (χ0) is 27.8. The van der Waals surface area contributed by atoms with E-state index in [0.29, 0.717) is 48.9 Å². The Morgan fingerprint density at radius 2 is 2.08 bits per heavy atom. The zero-order valence-electron chi connectivity index (χ0n) is 21.6. The molecular formula is C28H28F3N5O2S. The van der Waals surface area contributed by atoms with Crippen LogP contribution in [0.4, 0.5) is 13.2 Å². The number of hydrogen-bond donors (Lipinski definition) is 1. The number of thiophene rings is 1. The number of amides is 1. The van der Waals surface area contributed by atoms with Gasteiger partial charge in [0.2, 0.25) is 5.91 Å². The van der Waals surface area contributed by atoms with Crippen molar-refractivity contribution in [3.63, 3.8) is 0 Å². The minimum Gasteiger partial charge on any atom is -0.377 e. The molecule has 1 fully saturated rings. The molecule has 2 aromatic heterocycles. The van der Waals surface area contributed by atoms with Crippen LogP contribution in [0.3, 0.4) is 0 Å². The van der Waals surface area contributed by atoms with Gasteiger partial charge in [0.15, 0.2) is 5.69 Å². The van der Waals surface area contributed by atoms with Crippen molar-refractivity contribution in [2.24, 2.45) is 0 Å². The summed E-state index contributed by atoms with van der Waals surface area (Å²) in [5.74, 6) is -0.600. The first-order valence-corrected chi connectivity index (χ1v) is 13.5. The number of carbonyl (C=O) groups is 1. The van der Waals surface area contributed by atoms with E-state index in [1.807, 2.05) is 0 Å². The SMILES string of the molecule is CCn1cc(-c2ccccc2[C@@H]2CN(C(=O)/C=C/CNC3(C)COC3)Cc3sc(C#N)cc32)c(C(F)(F)F)n1. The van der Waals surface area contributed by atoms with Gasteiger partial charge in [-0.15, -0.1) is 11.3 Å². The molecule has 2 aliphatic heterocycles. The van der Waals surface area contributed by atoms with Gasteiger partial charge in [-0.05, 0) is 36.6 Å². The van der Waals surface area contributed by atoms with Gasteiger partial charge in [-0.1, -0.05) is 30.3 Å². The highest BCUT2D eigenvalue weighted by Crippen LogP contribution is 2.44. The number of aromatic nitrogens is 2. The summed E-state index contributed by atoms with van der Waals surface area (Å²) in [5, 5.41) is 16.7. The first-order valence-electron chi connectivity index (χ1n) is 12.7. The lowest BCUT2D eigenvalue weighted by Gasteiger charge is -2.38. The Morgan fingerprint density at radius 1 is 1.31 bits per heavy atom. The second-order valence-electron chi connectivity index (χ2n) is 10.0. The standard InChI is InChI=1S/C28H28F3N5O2S/c1-3-36-14-23(26(34-36)28(29,30)31)20-8-5-4-7-19(20)22-13-35(15-24-21(22)11-18(12-32)39-24)25(37)9-6-10-33-27(2)16-38-17-27/h4-9,11,14,22,33H,3,10,13,15-17H2,1-2H3/b9-6+/t22-/m0/s1. The van der Waals surface area contributed by atoms with E-state index in [4.69, 9.17) is 4.74 Å². The number of fused-ring (bicyclic) bond motifs is 1. The summed E-state index contributed by atoms with van der Waals surface area (Å²) in [7, 11) is 0. The molecule has 1 aromatic carbocycles. The average Bonchev–Trinajstić information content (AvgIpc) is 3.53. The van der Waals surface area contributed by atoms with Crippen molar-refractivity contribution in [1.82, 2.24) is 20.0 Å². The fourth-order valence-corrected chi connectivity index (χ4v) is 6.06. The fraction of sp³-hybridized carbons (Fsp3) is 0.393. The van der Waals surface area contributed by atoms with Crippen molar-refractivity contribution in [3.05, 3.63) is 75.3 Å². The molecule has 0 aliphatic carbocycles. The highest BCUT2D eigenvalue weighted by atomic mass is 32.1. The number of halogens is 3. The molecule has 0 unspecified atom stereocenters. The molecule has 11 heteroatoms. The van der Waals surface area contributed by atoms with Crippen LogP contribution in [-0.2, 0) is 28.8 Å². The maximum Gasteiger partial charge on any atom is 0.435 e. The largest absolute Gasteiger partial charge is 0.435 e. The Hall–Kier alpha value is -3.46. The van der Waals surface area contributed by atoms with E-state index in [9.17, 15) is 23.2 Å². The number of rotatable bonds is 7. The maximum absolute atomic E-state index is 14.0. The zero-order valence-corrected chi connectivity index (χ0v) is 22.4. The number of nitrogens with one attached hydrogen (secondary N) is 1. The molecule has 1 N–H and O–H groups in total. The Bertz CT molecular complexity index is 1450. The Balaban J connectivity index is 1.49. The Kier molecular flexibility index (Phi) is 7.37. The number of carbonyl (C=O) groups excluding carboxylic acids is 1. The highest BCUT2D eigenvalue weighted by Gasteiger charge is 2.39. The quantitative estimate of drug-likeness (QED) is 0.418. The number of nitriles is 1. The number of hydrogen-bond acceptors (Lipinski definition) is 6. The number of alkyl halides is 3. The van der Waals surface area contributed by atoms with Gasteiger partial charge < -0.3 is 15.0 Å². The van der Waals surface area contributed by atoms with Crippen LogP contribution in [-0.4, -0.2) is 52.4 Å². The van der Waals surface area contributed by atoms with Gasteiger partial charge in [0.1, 0.15) is 10.9 Å². The van der Waals surface area contributed by atoms with Gasteiger partial charge in [0.05, 0.1) is 25.3 Å². The van der Waals surface area contributed by atoms with Crippen LogP contribution >= 0.6 is 11.3 Å². The molecule has 5 rings (SSSR count). The molecular weight excluding hydrogens is 527 g/mol. The van der Waals surface area contributed by atoms with Crippen molar-refractivity contribution in [1.29, 1.82) is 5.26 Å². The lowest BCUT2D eigenvalue weighted by molar-refractivity contribution is -0.141. The van der Waals surface area contributed by atoms with Crippen LogP contribution in [0.5, 0.6) is 0 Å². The van der Waals surface area contributed by atoms with E-state index in [1.165, 1.54) is 28.3 Å². The van der Waals surface area contributed by atoms with E-state index in [1.54, 1.807) is 48.2 Å². The topological polar surface area (TPSA) is 83.2 Å². The van der Waals surface area contributed by atoms with E-state index in [2.05, 4.69) is 23.4 Å². The summed E-state index contributed by atoms with van der Waals surface area (Å²) in [5.41, 5.74) is 0.907. The molecule has 0 bridgehead atoms. The minimum atomic E-state index is -4.62. The van der Waals surface area contributed by atoms with E-state index in [0.717, 1.165) is 10.4 Å². The fourth-order valence-electron chi connectivity index (χ4n) is 5.02. The third-order valence-electron chi connectivity index (χ3n) is 7.11. The van der Waals surface area contributed by atoms with E-state index in [-0.39, 0.29) is 23.6 Å². The summed E-state index contributed by atoms with van der Waals surface area (Å²) in [6.07, 6.45) is 0.0937. The lowest BCUT2D eigenvalue weighted by atomic mass is 9.83. The van der Waals surface area contributed by atoms with E-state index < -0.39 is 17.8 Å². The summed E-state index contributed by atoms with van der Waals surface area (Å²) < 4.78 is 48.5. The number of nitrogens with zero attached hydrogens (tertiary/aromatic N) is 4. The highest BCUT2D eigenvalue weighted by molar-refractivity contribution is 7.12. The van der Waals surface area contributed by atoms with Crippen LogP contribution in [0, 0.1) is 11.3 Å². The molecule has 4 heterocycles. The normalized spacial score (nSPS) is 18.6. The number of aryl methyl sites for hydroxylation is 1. The second-order valence-corrected chi connectivity index (χ2v) is 11.2. The molecule has 39 heavy (non-hydrogen) atoms. The first-order chi connectivity index (χ1) is 18.6. The van der Waals surface area contributed by atoms with Crippen molar-refractivity contribution in [2.75, 3.05) is 26.3 Å². The molecule has 1 amide bonds. The molecule has 0 spiro atoms. The van der Waals surface area contributed by atoms with Crippen molar-refractivity contribution in [3.8, 4) is 17.2 Å². The third-order valence-corrected chi connectivity index (χ3v) is 8.15. The number of benzene rings is 1. The third kappa shape index (κ3) is 5.50. The Morgan fingerprint density at radius 3 is 2.74 bits per heavy atom. The second kappa shape index (κ2) is 10.6. The summed E-state index contributed by atoms with van der Waals surface area (Å²) in [6.45, 7) is 6.45. The van der Waals surface area contributed by atoms with Crippen LogP contribution in [0.2, 0.25) is 0 Å². The van der Waals surface area contributed by atoms with Gasteiger partial charge in [-0.25, -0.2) is 0 Å². The van der Waals surface area contributed by atoms with Gasteiger partial charge in [-0.2, -0.15) is 23.5 Å². The van der Waals surface area contributed by atoms with E-state index >= 15 is 0 Å². The molecule has 2 aliphatic rings. The monoisotopic (exact) mass is 555 g/mol.